The maximum Gasteiger partial charge on any atom is 0.272 e. The van der Waals surface area contributed by atoms with E-state index in [4.69, 9.17) is 4.74 Å². The smallest absolute Gasteiger partial charge is 0.272 e. The highest BCUT2D eigenvalue weighted by Gasteiger charge is 2.38. The van der Waals surface area contributed by atoms with Gasteiger partial charge in [-0.1, -0.05) is 12.1 Å². The molecule has 1 aliphatic rings. The minimum Gasteiger partial charge on any atom is -0.396 e. The fourth-order valence-electron chi connectivity index (χ4n) is 2.22. The summed E-state index contributed by atoms with van der Waals surface area (Å²) in [7, 11) is 0. The number of aliphatic hydroxyl groups is 1. The number of ether oxygens (including phenoxy) is 1. The predicted octanol–water partition coefficient (Wildman–Crippen LogP) is 1.56. The molecule has 1 atom stereocenters. The van der Waals surface area contributed by atoms with Crippen molar-refractivity contribution in [3.63, 3.8) is 0 Å². The summed E-state index contributed by atoms with van der Waals surface area (Å²) in [6, 6.07) is 5.25. The third-order valence-electron chi connectivity index (χ3n) is 3.87. The van der Waals surface area contributed by atoms with Crippen molar-refractivity contribution in [1.82, 2.24) is 5.32 Å². The van der Waals surface area contributed by atoms with Gasteiger partial charge in [-0.15, -0.1) is 0 Å². The summed E-state index contributed by atoms with van der Waals surface area (Å²) in [4.78, 5) is 10.6. The average molecular weight is 280 g/mol. The van der Waals surface area contributed by atoms with Crippen LogP contribution in [0.2, 0.25) is 0 Å². The maximum absolute atomic E-state index is 11.0. The number of aliphatic hydroxyl groups excluding tert-OH is 1. The predicted molar refractivity (Wildman–Crippen MR) is 74.6 cm³/mol. The van der Waals surface area contributed by atoms with E-state index in [0.29, 0.717) is 25.3 Å². The third kappa shape index (κ3) is 2.98. The van der Waals surface area contributed by atoms with Gasteiger partial charge in [0.05, 0.1) is 30.2 Å². The van der Waals surface area contributed by atoms with Crippen LogP contribution in [0, 0.1) is 22.5 Å². The minimum absolute atomic E-state index is 0.0154. The number of hydrogen-bond donors (Lipinski definition) is 2. The first-order chi connectivity index (χ1) is 9.47. The Balaban J connectivity index is 2.03. The van der Waals surface area contributed by atoms with Crippen LogP contribution in [0.15, 0.2) is 18.2 Å². The first-order valence-electron chi connectivity index (χ1n) is 6.64. The van der Waals surface area contributed by atoms with Crippen molar-refractivity contribution in [3.05, 3.63) is 39.4 Å². The standard InChI is InChI=1S/C14H20N2O4/c1-10-3-4-12(5-13(10)16(18)19)11(2)15-6-14(7-17)8-20-9-14/h3-5,11,15,17H,6-9H2,1-2H3. The molecule has 1 aromatic rings. The molecular formula is C14H20N2O4. The molecule has 0 amide bonds. The zero-order chi connectivity index (χ0) is 14.8. The minimum atomic E-state index is -0.361. The molecule has 1 unspecified atom stereocenters. The van der Waals surface area contributed by atoms with Gasteiger partial charge in [0, 0.05) is 24.2 Å². The van der Waals surface area contributed by atoms with Crippen LogP contribution in [0.1, 0.15) is 24.1 Å². The van der Waals surface area contributed by atoms with E-state index in [1.165, 1.54) is 0 Å². The van der Waals surface area contributed by atoms with Gasteiger partial charge in [-0.05, 0) is 19.4 Å². The molecule has 0 spiro atoms. The number of hydrogen-bond acceptors (Lipinski definition) is 5. The average Bonchev–Trinajstić information content (AvgIpc) is 2.38. The quantitative estimate of drug-likeness (QED) is 0.610. The lowest BCUT2D eigenvalue weighted by atomic mass is 9.86. The molecule has 20 heavy (non-hydrogen) atoms. The van der Waals surface area contributed by atoms with E-state index in [1.807, 2.05) is 13.0 Å². The summed E-state index contributed by atoms with van der Waals surface area (Å²) in [6.07, 6.45) is 0. The maximum atomic E-state index is 11.0. The fraction of sp³-hybridized carbons (Fsp3) is 0.571. The lowest BCUT2D eigenvalue weighted by molar-refractivity contribution is -0.385. The highest BCUT2D eigenvalue weighted by Crippen LogP contribution is 2.28. The van der Waals surface area contributed by atoms with Crippen LogP contribution in [-0.2, 0) is 4.74 Å². The molecule has 6 nitrogen and oxygen atoms in total. The Kier molecular flexibility index (Phi) is 4.37. The second-order valence-electron chi connectivity index (χ2n) is 5.56. The highest BCUT2D eigenvalue weighted by molar-refractivity contribution is 5.43. The Hall–Kier alpha value is -1.50. The molecule has 1 heterocycles. The summed E-state index contributed by atoms with van der Waals surface area (Å²) in [5, 5.41) is 23.6. The molecule has 2 rings (SSSR count). The fourth-order valence-corrected chi connectivity index (χ4v) is 2.22. The lowest BCUT2D eigenvalue weighted by Crippen LogP contribution is -2.52. The molecule has 0 aromatic heterocycles. The normalized spacial score (nSPS) is 18.4. The van der Waals surface area contributed by atoms with E-state index in [2.05, 4.69) is 5.32 Å². The number of nitro benzene ring substituents is 1. The molecule has 0 saturated carbocycles. The molecule has 6 heteroatoms. The molecule has 1 saturated heterocycles. The topological polar surface area (TPSA) is 84.6 Å². The van der Waals surface area contributed by atoms with E-state index in [0.717, 1.165) is 5.56 Å². The van der Waals surface area contributed by atoms with Crippen LogP contribution < -0.4 is 5.32 Å². The molecule has 1 aliphatic heterocycles. The largest absolute Gasteiger partial charge is 0.396 e. The van der Waals surface area contributed by atoms with Gasteiger partial charge in [-0.25, -0.2) is 0 Å². The monoisotopic (exact) mass is 280 g/mol. The summed E-state index contributed by atoms with van der Waals surface area (Å²) in [5.74, 6) is 0. The summed E-state index contributed by atoms with van der Waals surface area (Å²) in [5.41, 5.74) is 1.46. The van der Waals surface area contributed by atoms with Crippen molar-refractivity contribution < 1.29 is 14.8 Å². The van der Waals surface area contributed by atoms with Crippen LogP contribution >= 0.6 is 0 Å². The van der Waals surface area contributed by atoms with Gasteiger partial charge in [0.2, 0.25) is 0 Å². The first-order valence-corrected chi connectivity index (χ1v) is 6.64. The Bertz CT molecular complexity index is 494. The second-order valence-corrected chi connectivity index (χ2v) is 5.56. The molecule has 110 valence electrons. The molecule has 1 fully saturated rings. The lowest BCUT2D eigenvalue weighted by Gasteiger charge is -2.40. The van der Waals surface area contributed by atoms with Gasteiger partial charge in [-0.3, -0.25) is 10.1 Å². The van der Waals surface area contributed by atoms with Crippen LogP contribution in [0.25, 0.3) is 0 Å². The third-order valence-corrected chi connectivity index (χ3v) is 3.87. The van der Waals surface area contributed by atoms with Crippen LogP contribution in [0.4, 0.5) is 5.69 Å². The second kappa shape index (κ2) is 5.87. The van der Waals surface area contributed by atoms with Crippen LogP contribution in [0.5, 0.6) is 0 Å². The van der Waals surface area contributed by atoms with E-state index >= 15 is 0 Å². The van der Waals surface area contributed by atoms with Gasteiger partial charge in [0.1, 0.15) is 0 Å². The van der Waals surface area contributed by atoms with Crippen LogP contribution in [-0.4, -0.2) is 36.4 Å². The van der Waals surface area contributed by atoms with Crippen molar-refractivity contribution >= 4 is 5.69 Å². The van der Waals surface area contributed by atoms with E-state index in [-0.39, 0.29) is 28.7 Å². The molecule has 0 radical (unpaired) electrons. The van der Waals surface area contributed by atoms with E-state index in [9.17, 15) is 15.2 Å². The van der Waals surface area contributed by atoms with Crippen molar-refractivity contribution in [3.8, 4) is 0 Å². The number of nitro groups is 1. The van der Waals surface area contributed by atoms with Crippen molar-refractivity contribution in [1.29, 1.82) is 0 Å². The molecule has 2 N–H and O–H groups in total. The Morgan fingerprint density at radius 3 is 2.75 bits per heavy atom. The van der Waals surface area contributed by atoms with E-state index < -0.39 is 0 Å². The van der Waals surface area contributed by atoms with Crippen molar-refractivity contribution in [2.75, 3.05) is 26.4 Å². The zero-order valence-electron chi connectivity index (χ0n) is 11.8. The molecular weight excluding hydrogens is 260 g/mol. The zero-order valence-corrected chi connectivity index (χ0v) is 11.8. The number of aryl methyl sites for hydroxylation is 1. The number of benzene rings is 1. The first kappa shape index (κ1) is 14.9. The van der Waals surface area contributed by atoms with Crippen molar-refractivity contribution in [2.45, 2.75) is 19.9 Å². The summed E-state index contributed by atoms with van der Waals surface area (Å²) < 4.78 is 5.14. The molecule has 0 aliphatic carbocycles. The Labute approximate surface area is 117 Å². The summed E-state index contributed by atoms with van der Waals surface area (Å²) >= 11 is 0. The van der Waals surface area contributed by atoms with Crippen molar-refractivity contribution in [2.24, 2.45) is 5.41 Å². The highest BCUT2D eigenvalue weighted by atomic mass is 16.6. The Morgan fingerprint density at radius 2 is 2.25 bits per heavy atom. The summed E-state index contributed by atoms with van der Waals surface area (Å²) in [6.45, 7) is 5.51. The van der Waals surface area contributed by atoms with Gasteiger partial charge >= 0.3 is 0 Å². The number of rotatable bonds is 6. The van der Waals surface area contributed by atoms with Gasteiger partial charge in [-0.2, -0.15) is 0 Å². The number of nitrogens with one attached hydrogen (secondary N) is 1. The van der Waals surface area contributed by atoms with Gasteiger partial charge in [0.15, 0.2) is 0 Å². The number of nitrogens with zero attached hydrogens (tertiary/aromatic N) is 1. The van der Waals surface area contributed by atoms with Gasteiger partial charge < -0.3 is 15.2 Å². The van der Waals surface area contributed by atoms with Crippen LogP contribution in [0.3, 0.4) is 0 Å². The molecule has 0 bridgehead atoms. The van der Waals surface area contributed by atoms with Gasteiger partial charge in [0.25, 0.3) is 5.69 Å². The molecule has 1 aromatic carbocycles. The Morgan fingerprint density at radius 1 is 1.55 bits per heavy atom. The SMILES string of the molecule is Cc1ccc(C(C)NCC2(CO)COC2)cc1[N+](=O)[O-]. The van der Waals surface area contributed by atoms with E-state index in [1.54, 1.807) is 19.1 Å².